The second-order valence-corrected chi connectivity index (χ2v) is 4.21. The predicted octanol–water partition coefficient (Wildman–Crippen LogP) is 1.23. The molecule has 0 radical (unpaired) electrons. The SMILES string of the molecule is CC(C)Cn1ccc(C2CNC2)n1. The normalized spacial score (nSPS) is 17.8. The van der Waals surface area contributed by atoms with Gasteiger partial charge in [-0.05, 0) is 12.0 Å². The van der Waals surface area contributed by atoms with Crippen LogP contribution in [0.3, 0.4) is 0 Å². The second-order valence-electron chi connectivity index (χ2n) is 4.21. The van der Waals surface area contributed by atoms with E-state index in [-0.39, 0.29) is 0 Å². The number of hydrogen-bond acceptors (Lipinski definition) is 2. The average Bonchev–Trinajstić information content (AvgIpc) is 2.31. The van der Waals surface area contributed by atoms with Crippen LogP contribution < -0.4 is 5.32 Å². The number of aromatic nitrogens is 2. The highest BCUT2D eigenvalue weighted by Gasteiger charge is 2.20. The van der Waals surface area contributed by atoms with Crippen molar-refractivity contribution in [2.24, 2.45) is 5.92 Å². The lowest BCUT2D eigenvalue weighted by molar-refractivity contribution is 0.424. The first-order chi connectivity index (χ1) is 6.25. The van der Waals surface area contributed by atoms with Crippen molar-refractivity contribution in [2.45, 2.75) is 26.3 Å². The topological polar surface area (TPSA) is 29.9 Å². The predicted molar refractivity (Wildman–Crippen MR) is 52.7 cm³/mol. The number of hydrogen-bond donors (Lipinski definition) is 1. The van der Waals surface area contributed by atoms with Crippen molar-refractivity contribution in [3.63, 3.8) is 0 Å². The van der Waals surface area contributed by atoms with Gasteiger partial charge in [-0.25, -0.2) is 0 Å². The first-order valence-electron chi connectivity index (χ1n) is 5.00. The molecule has 0 aliphatic carbocycles. The zero-order valence-electron chi connectivity index (χ0n) is 8.33. The van der Waals surface area contributed by atoms with Gasteiger partial charge in [0.25, 0.3) is 0 Å². The van der Waals surface area contributed by atoms with Crippen molar-refractivity contribution in [1.82, 2.24) is 15.1 Å². The van der Waals surface area contributed by atoms with E-state index in [1.165, 1.54) is 5.69 Å². The third-order valence-electron chi connectivity index (χ3n) is 2.41. The molecule has 1 aliphatic rings. The third-order valence-corrected chi connectivity index (χ3v) is 2.41. The molecule has 1 N–H and O–H groups in total. The van der Waals surface area contributed by atoms with Crippen molar-refractivity contribution in [3.8, 4) is 0 Å². The standard InChI is InChI=1S/C10H17N3/c1-8(2)7-13-4-3-10(12-13)9-5-11-6-9/h3-4,8-9,11H,5-7H2,1-2H3. The minimum absolute atomic E-state index is 0.661. The van der Waals surface area contributed by atoms with Crippen LogP contribution in [0.15, 0.2) is 12.3 Å². The maximum absolute atomic E-state index is 4.55. The fourth-order valence-corrected chi connectivity index (χ4v) is 1.57. The van der Waals surface area contributed by atoms with Crippen LogP contribution in [0.25, 0.3) is 0 Å². The van der Waals surface area contributed by atoms with Crippen molar-refractivity contribution in [2.75, 3.05) is 13.1 Å². The van der Waals surface area contributed by atoms with Crippen LogP contribution in [0.5, 0.6) is 0 Å². The maximum atomic E-state index is 4.55. The fourth-order valence-electron chi connectivity index (χ4n) is 1.57. The summed E-state index contributed by atoms with van der Waals surface area (Å²) in [7, 11) is 0. The van der Waals surface area contributed by atoms with Crippen LogP contribution in [-0.4, -0.2) is 22.9 Å². The lowest BCUT2D eigenvalue weighted by atomic mass is 10.0. The van der Waals surface area contributed by atoms with Gasteiger partial charge in [-0.3, -0.25) is 4.68 Å². The minimum atomic E-state index is 0.661. The summed E-state index contributed by atoms with van der Waals surface area (Å²) in [6.45, 7) is 7.65. The molecule has 1 aromatic rings. The molecule has 1 aromatic heterocycles. The molecular formula is C10H17N3. The van der Waals surface area contributed by atoms with Gasteiger partial charge in [0.05, 0.1) is 5.69 Å². The highest BCUT2D eigenvalue weighted by molar-refractivity contribution is 5.11. The summed E-state index contributed by atoms with van der Waals surface area (Å²) in [6, 6.07) is 2.15. The van der Waals surface area contributed by atoms with Gasteiger partial charge in [-0.2, -0.15) is 5.10 Å². The van der Waals surface area contributed by atoms with Crippen LogP contribution in [0.2, 0.25) is 0 Å². The monoisotopic (exact) mass is 179 g/mol. The molecule has 72 valence electrons. The van der Waals surface area contributed by atoms with Crippen molar-refractivity contribution < 1.29 is 0 Å². The lowest BCUT2D eigenvalue weighted by Gasteiger charge is -2.25. The van der Waals surface area contributed by atoms with E-state index in [1.807, 2.05) is 0 Å². The zero-order chi connectivity index (χ0) is 9.26. The van der Waals surface area contributed by atoms with Gasteiger partial charge in [0.15, 0.2) is 0 Å². The largest absolute Gasteiger partial charge is 0.315 e. The molecule has 1 aliphatic heterocycles. The second kappa shape index (κ2) is 3.50. The molecule has 2 heterocycles. The maximum Gasteiger partial charge on any atom is 0.0680 e. The van der Waals surface area contributed by atoms with Gasteiger partial charge in [0.2, 0.25) is 0 Å². The minimum Gasteiger partial charge on any atom is -0.315 e. The Balaban J connectivity index is 2.00. The Kier molecular flexibility index (Phi) is 2.36. The van der Waals surface area contributed by atoms with E-state index in [0.29, 0.717) is 11.8 Å². The number of nitrogens with one attached hydrogen (secondary N) is 1. The van der Waals surface area contributed by atoms with Gasteiger partial charge in [0, 0.05) is 31.7 Å². The van der Waals surface area contributed by atoms with Crippen LogP contribution in [-0.2, 0) is 6.54 Å². The first-order valence-corrected chi connectivity index (χ1v) is 5.00. The van der Waals surface area contributed by atoms with Gasteiger partial charge >= 0.3 is 0 Å². The fraction of sp³-hybridized carbons (Fsp3) is 0.700. The van der Waals surface area contributed by atoms with E-state index in [0.717, 1.165) is 19.6 Å². The van der Waals surface area contributed by atoms with Crippen molar-refractivity contribution in [1.29, 1.82) is 0 Å². The summed E-state index contributed by atoms with van der Waals surface area (Å²) in [4.78, 5) is 0. The zero-order valence-corrected chi connectivity index (χ0v) is 8.33. The average molecular weight is 179 g/mol. The summed E-state index contributed by atoms with van der Waals surface area (Å²) in [5.74, 6) is 1.33. The molecule has 0 bridgehead atoms. The molecular weight excluding hydrogens is 162 g/mol. The summed E-state index contributed by atoms with van der Waals surface area (Å²) in [5.41, 5.74) is 1.25. The summed E-state index contributed by atoms with van der Waals surface area (Å²) < 4.78 is 2.05. The van der Waals surface area contributed by atoms with Crippen molar-refractivity contribution >= 4 is 0 Å². The van der Waals surface area contributed by atoms with E-state index in [2.05, 4.69) is 41.2 Å². The molecule has 1 saturated heterocycles. The Morgan fingerprint density at radius 1 is 1.62 bits per heavy atom. The third kappa shape index (κ3) is 1.91. The molecule has 2 rings (SSSR count). The van der Waals surface area contributed by atoms with Crippen LogP contribution in [0, 0.1) is 5.92 Å². The molecule has 1 fully saturated rings. The van der Waals surface area contributed by atoms with Gasteiger partial charge in [0.1, 0.15) is 0 Å². The highest BCUT2D eigenvalue weighted by atomic mass is 15.3. The van der Waals surface area contributed by atoms with Crippen LogP contribution >= 0.6 is 0 Å². The highest BCUT2D eigenvalue weighted by Crippen LogP contribution is 2.17. The number of rotatable bonds is 3. The molecule has 0 aromatic carbocycles. The smallest absolute Gasteiger partial charge is 0.0680 e. The van der Waals surface area contributed by atoms with E-state index >= 15 is 0 Å². The van der Waals surface area contributed by atoms with Gasteiger partial charge in [-0.1, -0.05) is 13.8 Å². The molecule has 13 heavy (non-hydrogen) atoms. The van der Waals surface area contributed by atoms with E-state index in [4.69, 9.17) is 0 Å². The Hall–Kier alpha value is -0.830. The van der Waals surface area contributed by atoms with Gasteiger partial charge < -0.3 is 5.32 Å². The molecule has 0 amide bonds. The van der Waals surface area contributed by atoms with E-state index in [1.54, 1.807) is 0 Å². The molecule has 0 unspecified atom stereocenters. The quantitative estimate of drug-likeness (QED) is 0.756. The Bertz CT molecular complexity index is 273. The number of nitrogens with zero attached hydrogens (tertiary/aromatic N) is 2. The van der Waals surface area contributed by atoms with E-state index < -0.39 is 0 Å². The lowest BCUT2D eigenvalue weighted by Crippen LogP contribution is -2.40. The Labute approximate surface area is 79.1 Å². The molecule has 3 heteroatoms. The van der Waals surface area contributed by atoms with E-state index in [9.17, 15) is 0 Å². The molecule has 0 atom stereocenters. The summed E-state index contributed by atoms with van der Waals surface area (Å²) in [6.07, 6.45) is 2.09. The van der Waals surface area contributed by atoms with Crippen molar-refractivity contribution in [3.05, 3.63) is 18.0 Å². The summed E-state index contributed by atoms with van der Waals surface area (Å²) >= 11 is 0. The van der Waals surface area contributed by atoms with Crippen LogP contribution in [0.4, 0.5) is 0 Å². The Morgan fingerprint density at radius 3 is 2.92 bits per heavy atom. The van der Waals surface area contributed by atoms with Gasteiger partial charge in [-0.15, -0.1) is 0 Å². The first kappa shape index (κ1) is 8.75. The Morgan fingerprint density at radius 2 is 2.38 bits per heavy atom. The van der Waals surface area contributed by atoms with Crippen LogP contribution in [0.1, 0.15) is 25.5 Å². The summed E-state index contributed by atoms with van der Waals surface area (Å²) in [5, 5.41) is 7.81. The molecule has 0 spiro atoms. The molecule has 0 saturated carbocycles. The molecule has 3 nitrogen and oxygen atoms in total.